The Morgan fingerprint density at radius 2 is 2.54 bits per heavy atom. The number of hydrogen-bond donors (Lipinski definition) is 3. The Kier molecular flexibility index (Phi) is 4.14. The van der Waals surface area contributed by atoms with E-state index in [0.717, 1.165) is 19.6 Å². The molecule has 1 unspecified atom stereocenters. The van der Waals surface area contributed by atoms with Crippen LogP contribution in [0.15, 0.2) is 0 Å². The molecule has 1 atom stereocenters. The second-order valence-electron chi connectivity index (χ2n) is 3.28. The zero-order valence-corrected chi connectivity index (χ0v) is 7.92. The van der Waals surface area contributed by atoms with Crippen LogP contribution in [0.3, 0.4) is 0 Å². The highest BCUT2D eigenvalue weighted by molar-refractivity contribution is 5.82. The number of hydrogen-bond acceptors (Lipinski definition) is 4. The minimum absolute atomic E-state index is 0.00566. The Labute approximate surface area is 78.1 Å². The molecule has 1 fully saturated rings. The van der Waals surface area contributed by atoms with Gasteiger partial charge in [-0.1, -0.05) is 0 Å². The molecule has 5 nitrogen and oxygen atoms in total. The summed E-state index contributed by atoms with van der Waals surface area (Å²) in [6.07, 6.45) is 0. The third-order valence-corrected chi connectivity index (χ3v) is 2.11. The van der Waals surface area contributed by atoms with Crippen LogP contribution in [0.2, 0.25) is 0 Å². The molecule has 0 aliphatic carbocycles. The molecule has 1 rings (SSSR count). The monoisotopic (exact) mass is 187 g/mol. The van der Waals surface area contributed by atoms with Crippen LogP contribution in [-0.4, -0.2) is 61.8 Å². The van der Waals surface area contributed by atoms with E-state index in [-0.39, 0.29) is 18.6 Å². The van der Waals surface area contributed by atoms with E-state index in [4.69, 9.17) is 5.11 Å². The molecule has 76 valence electrons. The normalized spacial score (nSPS) is 24.3. The number of aliphatic hydroxyl groups excluding tert-OH is 1. The van der Waals surface area contributed by atoms with E-state index in [1.807, 2.05) is 7.05 Å². The van der Waals surface area contributed by atoms with Crippen LogP contribution >= 0.6 is 0 Å². The first-order valence-corrected chi connectivity index (χ1v) is 4.54. The predicted molar refractivity (Wildman–Crippen MR) is 49.4 cm³/mol. The second kappa shape index (κ2) is 5.16. The van der Waals surface area contributed by atoms with Gasteiger partial charge in [0, 0.05) is 26.2 Å². The lowest BCUT2D eigenvalue weighted by molar-refractivity contribution is -0.124. The summed E-state index contributed by atoms with van der Waals surface area (Å²) in [5.41, 5.74) is 0. The molecule has 0 aromatic heterocycles. The number of carbonyl (C=O) groups excluding carboxylic acids is 1. The molecule has 1 saturated heterocycles. The van der Waals surface area contributed by atoms with E-state index >= 15 is 0 Å². The van der Waals surface area contributed by atoms with Crippen molar-refractivity contribution in [2.45, 2.75) is 6.04 Å². The molecular weight excluding hydrogens is 170 g/mol. The standard InChI is InChI=1S/C8H17N3O2/c1-11-4-2-9-7(6-11)8(13)10-3-5-12/h7,9,12H,2-6H2,1H3,(H,10,13). The summed E-state index contributed by atoms with van der Waals surface area (Å²) in [5.74, 6) is -0.0272. The highest BCUT2D eigenvalue weighted by Crippen LogP contribution is 1.95. The van der Waals surface area contributed by atoms with Gasteiger partial charge in [0.05, 0.1) is 12.6 Å². The second-order valence-corrected chi connectivity index (χ2v) is 3.28. The SMILES string of the molecule is CN1CCNC(C(=O)NCCO)C1. The van der Waals surface area contributed by atoms with Crippen molar-refractivity contribution in [3.05, 3.63) is 0 Å². The minimum atomic E-state index is -0.134. The van der Waals surface area contributed by atoms with Crippen LogP contribution in [0.5, 0.6) is 0 Å². The Morgan fingerprint density at radius 1 is 1.77 bits per heavy atom. The molecular formula is C8H17N3O2. The smallest absolute Gasteiger partial charge is 0.238 e. The highest BCUT2D eigenvalue weighted by Gasteiger charge is 2.22. The number of aliphatic hydroxyl groups is 1. The number of rotatable bonds is 3. The van der Waals surface area contributed by atoms with Gasteiger partial charge in [-0.15, -0.1) is 0 Å². The summed E-state index contributed by atoms with van der Waals surface area (Å²) >= 11 is 0. The van der Waals surface area contributed by atoms with Crippen molar-refractivity contribution in [2.75, 3.05) is 39.8 Å². The third-order valence-electron chi connectivity index (χ3n) is 2.11. The van der Waals surface area contributed by atoms with E-state index in [1.54, 1.807) is 0 Å². The van der Waals surface area contributed by atoms with E-state index in [1.165, 1.54) is 0 Å². The lowest BCUT2D eigenvalue weighted by Crippen LogP contribution is -2.56. The lowest BCUT2D eigenvalue weighted by Gasteiger charge is -2.29. The van der Waals surface area contributed by atoms with Gasteiger partial charge < -0.3 is 20.6 Å². The molecule has 0 bridgehead atoms. The third kappa shape index (κ3) is 3.30. The quantitative estimate of drug-likeness (QED) is 0.478. The van der Waals surface area contributed by atoms with Crippen LogP contribution in [0.1, 0.15) is 0 Å². The Bertz CT molecular complexity index is 175. The fourth-order valence-corrected chi connectivity index (χ4v) is 1.38. The predicted octanol–water partition coefficient (Wildman–Crippen LogP) is -2.00. The fourth-order valence-electron chi connectivity index (χ4n) is 1.38. The summed E-state index contributed by atoms with van der Waals surface area (Å²) in [6, 6.07) is -0.134. The van der Waals surface area contributed by atoms with Gasteiger partial charge in [0.1, 0.15) is 0 Å². The topological polar surface area (TPSA) is 64.6 Å². The van der Waals surface area contributed by atoms with Crippen molar-refractivity contribution in [1.82, 2.24) is 15.5 Å². The summed E-state index contributed by atoms with van der Waals surface area (Å²) < 4.78 is 0. The highest BCUT2D eigenvalue weighted by atomic mass is 16.3. The molecule has 13 heavy (non-hydrogen) atoms. The Hall–Kier alpha value is -0.650. The van der Waals surface area contributed by atoms with Gasteiger partial charge in [0.25, 0.3) is 0 Å². The summed E-state index contributed by atoms with van der Waals surface area (Å²) in [7, 11) is 1.99. The molecule has 3 N–H and O–H groups in total. The van der Waals surface area contributed by atoms with Crippen LogP contribution in [0, 0.1) is 0 Å². The molecule has 0 radical (unpaired) electrons. The molecule has 1 amide bonds. The van der Waals surface area contributed by atoms with Crippen LogP contribution in [-0.2, 0) is 4.79 Å². The summed E-state index contributed by atoms with van der Waals surface area (Å²) in [4.78, 5) is 13.5. The van der Waals surface area contributed by atoms with E-state index in [0.29, 0.717) is 6.54 Å². The number of amides is 1. The van der Waals surface area contributed by atoms with Crippen molar-refractivity contribution < 1.29 is 9.90 Å². The van der Waals surface area contributed by atoms with E-state index < -0.39 is 0 Å². The van der Waals surface area contributed by atoms with Crippen molar-refractivity contribution in [2.24, 2.45) is 0 Å². The van der Waals surface area contributed by atoms with E-state index in [9.17, 15) is 4.79 Å². The van der Waals surface area contributed by atoms with Crippen LogP contribution in [0.25, 0.3) is 0 Å². The van der Waals surface area contributed by atoms with Gasteiger partial charge in [-0.25, -0.2) is 0 Å². The van der Waals surface area contributed by atoms with Gasteiger partial charge in [0.15, 0.2) is 0 Å². The average molecular weight is 187 g/mol. The van der Waals surface area contributed by atoms with Crippen molar-refractivity contribution in [1.29, 1.82) is 0 Å². The molecule has 0 aromatic carbocycles. The van der Waals surface area contributed by atoms with Crippen LogP contribution < -0.4 is 10.6 Å². The Morgan fingerprint density at radius 3 is 3.15 bits per heavy atom. The zero-order valence-electron chi connectivity index (χ0n) is 7.92. The molecule has 1 aliphatic heterocycles. The van der Waals surface area contributed by atoms with Crippen molar-refractivity contribution >= 4 is 5.91 Å². The molecule has 5 heteroatoms. The van der Waals surface area contributed by atoms with Gasteiger partial charge in [0.2, 0.25) is 5.91 Å². The first-order valence-electron chi connectivity index (χ1n) is 4.54. The lowest BCUT2D eigenvalue weighted by atomic mass is 10.2. The molecule has 1 aliphatic rings. The molecule has 1 heterocycles. The zero-order chi connectivity index (χ0) is 9.68. The van der Waals surface area contributed by atoms with E-state index in [2.05, 4.69) is 15.5 Å². The first kappa shape index (κ1) is 10.4. The molecule has 0 aromatic rings. The first-order chi connectivity index (χ1) is 6.24. The van der Waals surface area contributed by atoms with Gasteiger partial charge in [-0.05, 0) is 7.05 Å². The van der Waals surface area contributed by atoms with Crippen molar-refractivity contribution in [3.8, 4) is 0 Å². The summed E-state index contributed by atoms with van der Waals surface area (Å²) in [5, 5.41) is 14.3. The average Bonchev–Trinajstić information content (AvgIpc) is 2.14. The number of nitrogens with zero attached hydrogens (tertiary/aromatic N) is 1. The maximum atomic E-state index is 11.4. The number of nitrogens with one attached hydrogen (secondary N) is 2. The maximum Gasteiger partial charge on any atom is 0.238 e. The van der Waals surface area contributed by atoms with Crippen molar-refractivity contribution in [3.63, 3.8) is 0 Å². The van der Waals surface area contributed by atoms with Gasteiger partial charge in [-0.3, -0.25) is 4.79 Å². The van der Waals surface area contributed by atoms with Gasteiger partial charge >= 0.3 is 0 Å². The van der Waals surface area contributed by atoms with Crippen LogP contribution in [0.4, 0.5) is 0 Å². The fraction of sp³-hybridized carbons (Fsp3) is 0.875. The largest absolute Gasteiger partial charge is 0.395 e. The minimum Gasteiger partial charge on any atom is -0.395 e. The molecule has 0 spiro atoms. The van der Waals surface area contributed by atoms with Gasteiger partial charge in [-0.2, -0.15) is 0 Å². The number of piperazine rings is 1. The number of carbonyl (C=O) groups is 1. The summed E-state index contributed by atoms with van der Waals surface area (Å²) in [6.45, 7) is 2.88. The molecule has 0 saturated carbocycles. The Balaban J connectivity index is 2.28. The number of likely N-dealkylation sites (N-methyl/N-ethyl adjacent to an activating group) is 1. The maximum absolute atomic E-state index is 11.4.